The minimum Gasteiger partial charge on any atom is -0.307 e. The molecule has 1 rings (SSSR count). The quantitative estimate of drug-likeness (QED) is 0.764. The van der Waals surface area contributed by atoms with Crippen LogP contribution in [0.1, 0.15) is 40.5 Å². The molecule has 2 unspecified atom stereocenters. The van der Waals surface area contributed by atoms with E-state index in [-0.39, 0.29) is 0 Å². The third-order valence-corrected chi connectivity index (χ3v) is 3.66. The topological polar surface area (TPSA) is 24.1 Å². The number of nitrogens with one attached hydrogen (secondary N) is 2. The van der Waals surface area contributed by atoms with Gasteiger partial charge in [-0.15, -0.1) is 0 Å². The lowest BCUT2D eigenvalue weighted by atomic mass is 9.78. The van der Waals surface area contributed by atoms with Gasteiger partial charge in [-0.25, -0.2) is 0 Å². The zero-order chi connectivity index (χ0) is 16.0. The average Bonchev–Trinajstić information content (AvgIpc) is 2.07. The van der Waals surface area contributed by atoms with Gasteiger partial charge in [-0.1, -0.05) is 0 Å². The van der Waals surface area contributed by atoms with Gasteiger partial charge in [0.1, 0.15) is 0 Å². The molecule has 0 saturated carbocycles. The maximum absolute atomic E-state index is 12.6. The molecule has 1 heterocycles. The summed E-state index contributed by atoms with van der Waals surface area (Å²) in [7, 11) is 0. The molecule has 1 aliphatic rings. The van der Waals surface area contributed by atoms with Gasteiger partial charge in [-0.2, -0.15) is 26.3 Å². The normalized spacial score (nSPS) is 30.3. The number of alkyl halides is 6. The molecule has 0 spiro atoms. The third kappa shape index (κ3) is 4.80. The second-order valence-electron chi connectivity index (χ2n) is 6.48. The van der Waals surface area contributed by atoms with E-state index in [1.165, 1.54) is 0 Å². The Hall–Kier alpha value is -0.500. The molecule has 2 N–H and O–H groups in total. The van der Waals surface area contributed by atoms with E-state index >= 15 is 0 Å². The van der Waals surface area contributed by atoms with Gasteiger partial charge in [0.25, 0.3) is 0 Å². The summed E-state index contributed by atoms with van der Waals surface area (Å²) < 4.78 is 75.3. The maximum atomic E-state index is 12.6. The summed E-state index contributed by atoms with van der Waals surface area (Å²) >= 11 is 0. The minimum absolute atomic E-state index is 0.957. The van der Waals surface area contributed by atoms with Crippen molar-refractivity contribution in [2.24, 2.45) is 0 Å². The highest BCUT2D eigenvalue weighted by Gasteiger charge is 2.51. The van der Waals surface area contributed by atoms with Crippen molar-refractivity contribution >= 4 is 0 Å². The predicted octanol–water partition coefficient (Wildman–Crippen LogP) is 3.38. The molecule has 0 aromatic carbocycles. The predicted molar refractivity (Wildman–Crippen MR) is 63.3 cm³/mol. The number of halogens is 6. The summed E-state index contributed by atoms with van der Waals surface area (Å²) in [6.45, 7) is 6.23. The van der Waals surface area contributed by atoms with Crippen LogP contribution in [0.2, 0.25) is 0 Å². The smallest absolute Gasteiger partial charge is 0.307 e. The van der Waals surface area contributed by atoms with Crippen LogP contribution in [0.5, 0.6) is 0 Å². The fourth-order valence-corrected chi connectivity index (χ4v) is 2.76. The van der Waals surface area contributed by atoms with E-state index in [1.807, 2.05) is 0 Å². The van der Waals surface area contributed by atoms with Crippen molar-refractivity contribution in [2.75, 3.05) is 0 Å². The van der Waals surface area contributed by atoms with Gasteiger partial charge in [0.05, 0.1) is 12.8 Å². The Kier molecular flexibility index (Phi) is 4.43. The zero-order valence-corrected chi connectivity index (χ0v) is 11.8. The van der Waals surface area contributed by atoms with E-state index in [2.05, 4.69) is 10.6 Å². The Morgan fingerprint density at radius 2 is 1.05 bits per heavy atom. The van der Waals surface area contributed by atoms with Crippen molar-refractivity contribution in [3.05, 3.63) is 0 Å². The van der Waals surface area contributed by atoms with E-state index in [1.54, 1.807) is 27.7 Å². The first-order valence-electron chi connectivity index (χ1n) is 6.31. The van der Waals surface area contributed by atoms with Crippen molar-refractivity contribution in [1.29, 1.82) is 0 Å². The molecule has 1 aliphatic heterocycles. The molecule has 0 aromatic heterocycles. The Labute approximate surface area is 114 Å². The van der Waals surface area contributed by atoms with E-state index in [0.29, 0.717) is 0 Å². The Balaban J connectivity index is 2.93. The largest absolute Gasteiger partial charge is 0.390 e. The lowest BCUT2D eigenvalue weighted by Gasteiger charge is -2.53. The van der Waals surface area contributed by atoms with Crippen LogP contribution in [0, 0.1) is 0 Å². The highest BCUT2D eigenvalue weighted by Crippen LogP contribution is 2.35. The summed E-state index contributed by atoms with van der Waals surface area (Å²) in [5, 5.41) is 5.46. The molecular weight excluding hydrogens is 286 g/mol. The lowest BCUT2D eigenvalue weighted by Crippen LogP contribution is -2.75. The molecular formula is C12H20F6N2. The summed E-state index contributed by atoms with van der Waals surface area (Å²) in [6.07, 6.45) is -11.2. The summed E-state index contributed by atoms with van der Waals surface area (Å²) in [5.74, 6) is 0. The highest BCUT2D eigenvalue weighted by molar-refractivity contribution is 5.08. The van der Waals surface area contributed by atoms with Crippen molar-refractivity contribution < 1.29 is 26.3 Å². The molecule has 0 radical (unpaired) electrons. The fourth-order valence-electron chi connectivity index (χ4n) is 2.76. The second-order valence-corrected chi connectivity index (χ2v) is 6.48. The van der Waals surface area contributed by atoms with Crippen LogP contribution < -0.4 is 10.6 Å². The molecule has 0 bridgehead atoms. The van der Waals surface area contributed by atoms with Gasteiger partial charge < -0.3 is 10.6 Å². The highest BCUT2D eigenvalue weighted by atomic mass is 19.4. The summed E-state index contributed by atoms with van der Waals surface area (Å²) in [6, 6.07) is -2.22. The summed E-state index contributed by atoms with van der Waals surface area (Å²) in [5.41, 5.74) is -1.91. The minimum atomic E-state index is -4.43. The van der Waals surface area contributed by atoms with Crippen LogP contribution in [-0.4, -0.2) is 35.5 Å². The molecule has 2 atom stereocenters. The van der Waals surface area contributed by atoms with Crippen LogP contribution in [0.4, 0.5) is 26.3 Å². The van der Waals surface area contributed by atoms with Crippen molar-refractivity contribution in [3.63, 3.8) is 0 Å². The molecule has 8 heteroatoms. The number of hydrogen-bond donors (Lipinski definition) is 2. The Morgan fingerprint density at radius 1 is 0.750 bits per heavy atom. The van der Waals surface area contributed by atoms with Gasteiger partial charge >= 0.3 is 12.4 Å². The number of hydrogen-bond acceptors (Lipinski definition) is 2. The fraction of sp³-hybridized carbons (Fsp3) is 1.00. The summed E-state index contributed by atoms with van der Waals surface area (Å²) in [4.78, 5) is 0. The maximum Gasteiger partial charge on any atom is 0.390 e. The van der Waals surface area contributed by atoms with Crippen LogP contribution in [0.3, 0.4) is 0 Å². The molecule has 20 heavy (non-hydrogen) atoms. The zero-order valence-electron chi connectivity index (χ0n) is 11.8. The first-order valence-corrected chi connectivity index (χ1v) is 6.31. The van der Waals surface area contributed by atoms with E-state index in [9.17, 15) is 26.3 Å². The van der Waals surface area contributed by atoms with E-state index < -0.39 is 48.4 Å². The van der Waals surface area contributed by atoms with E-state index in [0.717, 1.165) is 0 Å². The van der Waals surface area contributed by atoms with Gasteiger partial charge in [-0.3, -0.25) is 0 Å². The first-order chi connectivity index (χ1) is 8.62. The molecule has 2 nitrogen and oxygen atoms in total. The van der Waals surface area contributed by atoms with Crippen LogP contribution in [-0.2, 0) is 0 Å². The van der Waals surface area contributed by atoms with Crippen LogP contribution >= 0.6 is 0 Å². The standard InChI is InChI=1S/C12H20F6N2/c1-9(2)7(5-11(13,14)15)19-8(6-12(16,17)18)10(3,4)20-9/h7-8,19-20H,5-6H2,1-4H3. The molecule has 1 saturated heterocycles. The van der Waals surface area contributed by atoms with Crippen molar-refractivity contribution in [1.82, 2.24) is 10.6 Å². The number of piperazine rings is 1. The van der Waals surface area contributed by atoms with Gasteiger partial charge in [0, 0.05) is 23.2 Å². The van der Waals surface area contributed by atoms with Gasteiger partial charge in [0.15, 0.2) is 0 Å². The van der Waals surface area contributed by atoms with E-state index in [4.69, 9.17) is 0 Å². The molecule has 0 amide bonds. The molecule has 0 aliphatic carbocycles. The monoisotopic (exact) mass is 306 g/mol. The first kappa shape index (κ1) is 17.6. The number of rotatable bonds is 2. The SMILES string of the molecule is CC1(C)NC(C)(C)C(CC(F)(F)F)NC1CC(F)(F)F. The lowest BCUT2D eigenvalue weighted by molar-refractivity contribution is -0.161. The van der Waals surface area contributed by atoms with Crippen LogP contribution in [0.15, 0.2) is 0 Å². The van der Waals surface area contributed by atoms with Gasteiger partial charge in [-0.05, 0) is 27.7 Å². The van der Waals surface area contributed by atoms with Gasteiger partial charge in [0.2, 0.25) is 0 Å². The Morgan fingerprint density at radius 3 is 1.30 bits per heavy atom. The third-order valence-electron chi connectivity index (χ3n) is 3.66. The van der Waals surface area contributed by atoms with Crippen molar-refractivity contribution in [2.45, 2.75) is 76.1 Å². The molecule has 1 fully saturated rings. The molecule has 120 valence electrons. The molecule has 0 aromatic rings. The van der Waals surface area contributed by atoms with Crippen LogP contribution in [0.25, 0.3) is 0 Å². The second kappa shape index (κ2) is 5.05. The average molecular weight is 306 g/mol. The Bertz CT molecular complexity index is 313. The van der Waals surface area contributed by atoms with Crippen molar-refractivity contribution in [3.8, 4) is 0 Å².